The van der Waals surface area contributed by atoms with Crippen LogP contribution in [-0.2, 0) is 0 Å². The third-order valence-electron chi connectivity index (χ3n) is 1.29. The fourth-order valence-corrected chi connectivity index (χ4v) is 0.995. The van der Waals surface area contributed by atoms with Gasteiger partial charge in [0.25, 0.3) is 5.91 Å². The molecular formula is C8H10ClN3O. The molecule has 1 aromatic heterocycles. The quantitative estimate of drug-likeness (QED) is 0.781. The summed E-state index contributed by atoms with van der Waals surface area (Å²) in [6, 6.07) is 0.0607. The zero-order chi connectivity index (χ0) is 9.84. The lowest BCUT2D eigenvalue weighted by Crippen LogP contribution is -2.31. The number of carbonyl (C=O) groups excluding carboxylic acids is 1. The van der Waals surface area contributed by atoms with Gasteiger partial charge in [-0.05, 0) is 13.8 Å². The molecular weight excluding hydrogens is 190 g/mol. The van der Waals surface area contributed by atoms with E-state index in [1.54, 1.807) is 0 Å². The van der Waals surface area contributed by atoms with Crippen LogP contribution in [0.4, 0.5) is 0 Å². The first-order valence-corrected chi connectivity index (χ1v) is 4.26. The van der Waals surface area contributed by atoms with Gasteiger partial charge in [-0.2, -0.15) is 0 Å². The summed E-state index contributed by atoms with van der Waals surface area (Å²) in [5.41, 5.74) is 0.165. The summed E-state index contributed by atoms with van der Waals surface area (Å²) in [4.78, 5) is 19.0. The van der Waals surface area contributed by atoms with Gasteiger partial charge in [0.1, 0.15) is 0 Å². The van der Waals surface area contributed by atoms with Crippen molar-refractivity contribution >= 4 is 17.5 Å². The average molecular weight is 200 g/mol. The van der Waals surface area contributed by atoms with E-state index in [-0.39, 0.29) is 22.8 Å². The molecule has 0 bridgehead atoms. The van der Waals surface area contributed by atoms with Crippen LogP contribution in [0, 0.1) is 0 Å². The Bertz CT molecular complexity index is 314. The molecule has 13 heavy (non-hydrogen) atoms. The third kappa shape index (κ3) is 2.66. The molecule has 0 radical (unpaired) electrons. The fourth-order valence-electron chi connectivity index (χ4n) is 0.804. The Balaban J connectivity index is 2.83. The molecule has 4 nitrogen and oxygen atoms in total. The first-order chi connectivity index (χ1) is 6.11. The van der Waals surface area contributed by atoms with Gasteiger partial charge in [-0.1, -0.05) is 11.6 Å². The Morgan fingerprint density at radius 2 is 2.08 bits per heavy atom. The molecule has 0 saturated heterocycles. The molecule has 0 spiro atoms. The lowest BCUT2D eigenvalue weighted by molar-refractivity contribution is 0.0938. The van der Waals surface area contributed by atoms with E-state index in [1.807, 2.05) is 13.8 Å². The topological polar surface area (TPSA) is 54.9 Å². The van der Waals surface area contributed by atoms with Crippen molar-refractivity contribution in [3.05, 3.63) is 23.2 Å². The summed E-state index contributed by atoms with van der Waals surface area (Å²) in [5, 5.41) is 2.80. The molecule has 70 valence electrons. The second-order valence-corrected chi connectivity index (χ2v) is 3.18. The normalized spacial score (nSPS) is 10.2. The van der Waals surface area contributed by atoms with E-state index in [0.29, 0.717) is 0 Å². The summed E-state index contributed by atoms with van der Waals surface area (Å²) in [5.74, 6) is -0.298. The smallest absolute Gasteiger partial charge is 0.273 e. The van der Waals surface area contributed by atoms with Crippen LogP contribution in [0.3, 0.4) is 0 Å². The van der Waals surface area contributed by atoms with E-state index < -0.39 is 0 Å². The Hall–Kier alpha value is -1.16. The monoisotopic (exact) mass is 199 g/mol. The Kier molecular flexibility index (Phi) is 3.19. The highest BCUT2D eigenvalue weighted by molar-refractivity contribution is 6.32. The van der Waals surface area contributed by atoms with Crippen LogP contribution in [0.2, 0.25) is 5.15 Å². The van der Waals surface area contributed by atoms with E-state index in [4.69, 9.17) is 11.6 Å². The van der Waals surface area contributed by atoms with Crippen molar-refractivity contribution in [2.45, 2.75) is 19.9 Å². The molecule has 1 rings (SSSR count). The maximum atomic E-state index is 11.4. The predicted octanol–water partition coefficient (Wildman–Crippen LogP) is 1.27. The zero-order valence-electron chi connectivity index (χ0n) is 7.41. The number of halogens is 1. The molecule has 1 aromatic rings. The number of hydrogen-bond acceptors (Lipinski definition) is 3. The Morgan fingerprint density at radius 3 is 2.62 bits per heavy atom. The first kappa shape index (κ1) is 9.92. The summed E-state index contributed by atoms with van der Waals surface area (Å²) < 4.78 is 0. The van der Waals surface area contributed by atoms with Crippen molar-refractivity contribution in [1.29, 1.82) is 0 Å². The van der Waals surface area contributed by atoms with E-state index in [0.717, 1.165) is 0 Å². The van der Waals surface area contributed by atoms with E-state index in [1.165, 1.54) is 12.4 Å². The van der Waals surface area contributed by atoms with Crippen LogP contribution in [0.15, 0.2) is 12.4 Å². The summed E-state index contributed by atoms with van der Waals surface area (Å²) in [6.45, 7) is 3.73. The van der Waals surface area contributed by atoms with E-state index >= 15 is 0 Å². The minimum atomic E-state index is -0.298. The molecule has 1 N–H and O–H groups in total. The molecule has 0 aliphatic carbocycles. The van der Waals surface area contributed by atoms with Crippen LogP contribution >= 0.6 is 11.6 Å². The SMILES string of the molecule is CC(C)NC(=O)c1nccnc1Cl. The number of amides is 1. The van der Waals surface area contributed by atoms with Crippen molar-refractivity contribution in [1.82, 2.24) is 15.3 Å². The minimum Gasteiger partial charge on any atom is -0.348 e. The molecule has 0 aliphatic rings. The van der Waals surface area contributed by atoms with Gasteiger partial charge in [-0.15, -0.1) is 0 Å². The molecule has 1 amide bonds. The third-order valence-corrected chi connectivity index (χ3v) is 1.57. The van der Waals surface area contributed by atoms with E-state index in [9.17, 15) is 4.79 Å². The summed E-state index contributed by atoms with van der Waals surface area (Å²) in [7, 11) is 0. The van der Waals surface area contributed by atoms with Crippen LogP contribution in [0.1, 0.15) is 24.3 Å². The highest BCUT2D eigenvalue weighted by Crippen LogP contribution is 2.07. The molecule has 0 saturated carbocycles. The molecule has 5 heteroatoms. The lowest BCUT2D eigenvalue weighted by atomic mass is 10.3. The van der Waals surface area contributed by atoms with Gasteiger partial charge in [0.05, 0.1) is 0 Å². The Morgan fingerprint density at radius 1 is 1.46 bits per heavy atom. The van der Waals surface area contributed by atoms with Crippen LogP contribution < -0.4 is 5.32 Å². The number of aromatic nitrogens is 2. The van der Waals surface area contributed by atoms with E-state index in [2.05, 4.69) is 15.3 Å². The van der Waals surface area contributed by atoms with Gasteiger partial charge in [-0.25, -0.2) is 9.97 Å². The van der Waals surface area contributed by atoms with Gasteiger partial charge < -0.3 is 5.32 Å². The van der Waals surface area contributed by atoms with Gasteiger partial charge in [0.15, 0.2) is 10.8 Å². The maximum absolute atomic E-state index is 11.4. The van der Waals surface area contributed by atoms with Crippen LogP contribution in [0.25, 0.3) is 0 Å². The standard InChI is InChI=1S/C8H10ClN3O/c1-5(2)12-8(13)6-7(9)11-4-3-10-6/h3-5H,1-2H3,(H,12,13). The van der Waals surface area contributed by atoms with Gasteiger partial charge in [0.2, 0.25) is 0 Å². The van der Waals surface area contributed by atoms with Crippen LogP contribution in [0.5, 0.6) is 0 Å². The molecule has 0 aliphatic heterocycles. The van der Waals surface area contributed by atoms with Crippen LogP contribution in [-0.4, -0.2) is 21.9 Å². The number of nitrogens with zero attached hydrogens (tertiary/aromatic N) is 2. The Labute approximate surface area is 81.3 Å². The molecule has 0 unspecified atom stereocenters. The number of hydrogen-bond donors (Lipinski definition) is 1. The highest BCUT2D eigenvalue weighted by atomic mass is 35.5. The van der Waals surface area contributed by atoms with Crippen molar-refractivity contribution in [2.75, 3.05) is 0 Å². The summed E-state index contributed by atoms with van der Waals surface area (Å²) in [6.07, 6.45) is 2.87. The van der Waals surface area contributed by atoms with Gasteiger partial charge in [0, 0.05) is 18.4 Å². The second kappa shape index (κ2) is 4.18. The second-order valence-electron chi connectivity index (χ2n) is 2.82. The minimum absolute atomic E-state index is 0.0607. The molecule has 0 aromatic carbocycles. The van der Waals surface area contributed by atoms with Crippen molar-refractivity contribution in [3.63, 3.8) is 0 Å². The molecule has 1 heterocycles. The van der Waals surface area contributed by atoms with Crippen molar-refractivity contribution < 1.29 is 4.79 Å². The molecule has 0 atom stereocenters. The van der Waals surface area contributed by atoms with Crippen molar-refractivity contribution in [3.8, 4) is 0 Å². The number of carbonyl (C=O) groups is 1. The maximum Gasteiger partial charge on any atom is 0.273 e. The summed E-state index contributed by atoms with van der Waals surface area (Å²) >= 11 is 5.67. The molecule has 0 fully saturated rings. The van der Waals surface area contributed by atoms with Crippen molar-refractivity contribution in [2.24, 2.45) is 0 Å². The predicted molar refractivity (Wildman–Crippen MR) is 49.6 cm³/mol. The van der Waals surface area contributed by atoms with Gasteiger partial charge in [-0.3, -0.25) is 4.79 Å². The average Bonchev–Trinajstić information content (AvgIpc) is 2.03. The lowest BCUT2D eigenvalue weighted by Gasteiger charge is -2.07. The zero-order valence-corrected chi connectivity index (χ0v) is 8.17. The van der Waals surface area contributed by atoms with Gasteiger partial charge >= 0.3 is 0 Å². The number of rotatable bonds is 2. The largest absolute Gasteiger partial charge is 0.348 e. The highest BCUT2D eigenvalue weighted by Gasteiger charge is 2.12. The fraction of sp³-hybridized carbons (Fsp3) is 0.375. The number of nitrogens with one attached hydrogen (secondary N) is 1. The first-order valence-electron chi connectivity index (χ1n) is 3.88.